The molecule has 4 rings (SSSR count). The first-order valence-electron chi connectivity index (χ1n) is 14.9. The van der Waals surface area contributed by atoms with Gasteiger partial charge in [0, 0.05) is 46.2 Å². The number of hydrogen-bond donors (Lipinski definition) is 3. The number of carbonyl (C=O) groups is 4. The van der Waals surface area contributed by atoms with Crippen LogP contribution in [0.4, 0.5) is 0 Å². The minimum absolute atomic E-state index is 0.0593. The van der Waals surface area contributed by atoms with Crippen LogP contribution in [0.15, 0.2) is 46.1 Å². The quantitative estimate of drug-likeness (QED) is 0.352. The topological polar surface area (TPSA) is 143 Å². The lowest BCUT2D eigenvalue weighted by atomic mass is 10.00. The minimum Gasteiger partial charge on any atom is -0.469 e. The van der Waals surface area contributed by atoms with Gasteiger partial charge in [0.25, 0.3) is 5.91 Å². The van der Waals surface area contributed by atoms with Crippen molar-refractivity contribution < 1.29 is 28.7 Å². The van der Waals surface area contributed by atoms with Gasteiger partial charge >= 0.3 is 11.9 Å². The number of aromatic amines is 2. The number of nitrogens with zero attached hydrogens (tertiary/aromatic N) is 1. The second-order valence-electron chi connectivity index (χ2n) is 11.1. The number of nitrogens with one attached hydrogen (secondary N) is 3. The van der Waals surface area contributed by atoms with Gasteiger partial charge in [0.15, 0.2) is 0 Å². The van der Waals surface area contributed by atoms with Crippen LogP contribution in [0.1, 0.15) is 67.3 Å². The molecule has 0 spiro atoms. The lowest BCUT2D eigenvalue weighted by Crippen LogP contribution is -2.16. The first kappa shape index (κ1) is 32.9. The average Bonchev–Trinajstić information content (AvgIpc) is 3.66. The Morgan fingerprint density at radius 1 is 0.889 bits per heavy atom. The summed E-state index contributed by atoms with van der Waals surface area (Å²) in [6, 6.07) is 0. The van der Waals surface area contributed by atoms with Crippen LogP contribution < -0.4 is 16.0 Å². The number of aromatic nitrogens is 2. The Balaban J connectivity index is 1.91. The summed E-state index contributed by atoms with van der Waals surface area (Å²) < 4.78 is 9.81. The van der Waals surface area contributed by atoms with E-state index in [1.54, 1.807) is 0 Å². The Hall–Kier alpha value is -4.99. The number of methoxy groups -OCH3 is 2. The fraction of sp³-hybridized carbons (Fsp3) is 0.343. The van der Waals surface area contributed by atoms with E-state index >= 15 is 0 Å². The molecule has 0 unspecified atom stereocenters. The molecule has 0 saturated carbocycles. The number of carbonyl (C=O) groups excluding carboxylic acids is 4. The highest BCUT2D eigenvalue weighted by atomic mass is 16.5. The number of ether oxygens (including phenoxy) is 2. The number of aliphatic imine (C=N–C) groups is 1. The van der Waals surface area contributed by atoms with Gasteiger partial charge in [-0.2, -0.15) is 0 Å². The number of rotatable bonds is 10. The van der Waals surface area contributed by atoms with Crippen LogP contribution in [0.25, 0.3) is 18.2 Å². The third-order valence-corrected chi connectivity index (χ3v) is 8.56. The summed E-state index contributed by atoms with van der Waals surface area (Å²) in [5.74, 6) is -1.30. The highest BCUT2D eigenvalue weighted by Gasteiger charge is 2.29. The van der Waals surface area contributed by atoms with Crippen molar-refractivity contribution in [3.8, 4) is 0 Å². The van der Waals surface area contributed by atoms with Crippen molar-refractivity contribution >= 4 is 47.7 Å². The molecule has 236 valence electrons. The molecule has 1 fully saturated rings. The molecule has 2 amide bonds. The van der Waals surface area contributed by atoms with Crippen molar-refractivity contribution in [3.05, 3.63) is 85.5 Å². The molecule has 0 bridgehead atoms. The van der Waals surface area contributed by atoms with Crippen molar-refractivity contribution in [3.63, 3.8) is 0 Å². The summed E-state index contributed by atoms with van der Waals surface area (Å²) in [5, 5.41) is 4.48. The van der Waals surface area contributed by atoms with E-state index in [-0.39, 0.29) is 42.5 Å². The van der Waals surface area contributed by atoms with Gasteiger partial charge in [0.2, 0.25) is 5.91 Å². The van der Waals surface area contributed by atoms with Crippen LogP contribution >= 0.6 is 0 Å². The Morgan fingerprint density at radius 2 is 1.53 bits per heavy atom. The molecular formula is C35H40N4O6. The zero-order valence-corrected chi connectivity index (χ0v) is 26.9. The standard InChI is InChI=1S/C35H40N4O6/c1-9-22-21(6)34(42)39-29(22)16-27-20(5)25(12-14-33(41)45-8)31(37-27)17-30-24(11-13-32(40)44-7)19(4)26(36-30)15-28-18(3)23(10-2)35(43)38-28/h9-10,15-17,21,36-37H,2,11-14H2,1,3-8H3,(H,39,42)/b22-9+,26-15-,29-16-,30-17-/t21-/m0/s1. The normalized spacial score (nSPS) is 19.2. The van der Waals surface area contributed by atoms with Gasteiger partial charge in [-0.25, -0.2) is 4.99 Å². The van der Waals surface area contributed by atoms with E-state index < -0.39 is 0 Å². The van der Waals surface area contributed by atoms with E-state index in [9.17, 15) is 19.2 Å². The summed E-state index contributed by atoms with van der Waals surface area (Å²) in [6.07, 6.45) is 10.4. The summed E-state index contributed by atoms with van der Waals surface area (Å²) in [6.45, 7) is 13.3. The Kier molecular flexibility index (Phi) is 10.1. The fourth-order valence-corrected chi connectivity index (χ4v) is 5.77. The number of H-pyrrole nitrogens is 2. The zero-order valence-electron chi connectivity index (χ0n) is 26.9. The van der Waals surface area contributed by atoms with E-state index in [2.05, 4.69) is 26.9 Å². The van der Waals surface area contributed by atoms with Crippen LogP contribution in [0.2, 0.25) is 0 Å². The predicted molar refractivity (Wildman–Crippen MR) is 173 cm³/mol. The zero-order chi connectivity index (χ0) is 33.0. The van der Waals surface area contributed by atoms with Crippen molar-refractivity contribution in [2.75, 3.05) is 14.2 Å². The molecule has 0 aliphatic carbocycles. The molecule has 2 aliphatic rings. The number of hydrogen-bond acceptors (Lipinski definition) is 6. The Morgan fingerprint density at radius 3 is 2.11 bits per heavy atom. The minimum atomic E-state index is -0.330. The molecule has 0 radical (unpaired) electrons. The van der Waals surface area contributed by atoms with Crippen molar-refractivity contribution in [2.24, 2.45) is 10.9 Å². The monoisotopic (exact) mass is 612 g/mol. The first-order chi connectivity index (χ1) is 21.4. The first-order valence-corrected chi connectivity index (χ1v) is 14.9. The summed E-state index contributed by atoms with van der Waals surface area (Å²) in [5.41, 5.74) is 8.63. The number of amides is 2. The molecule has 2 aromatic rings. The molecular weight excluding hydrogens is 572 g/mol. The van der Waals surface area contributed by atoms with Gasteiger partial charge in [0.1, 0.15) is 0 Å². The number of esters is 2. The molecule has 45 heavy (non-hydrogen) atoms. The Labute approximate surface area is 262 Å². The highest BCUT2D eigenvalue weighted by molar-refractivity contribution is 6.31. The third kappa shape index (κ3) is 6.74. The van der Waals surface area contributed by atoms with Crippen LogP contribution in [0.3, 0.4) is 0 Å². The predicted octanol–water partition coefficient (Wildman–Crippen LogP) is 3.32. The molecule has 2 aliphatic heterocycles. The molecule has 0 aromatic carbocycles. The molecule has 1 atom stereocenters. The van der Waals surface area contributed by atoms with Crippen LogP contribution in [0.5, 0.6) is 0 Å². The van der Waals surface area contributed by atoms with Gasteiger partial charge in [-0.15, -0.1) is 0 Å². The van der Waals surface area contributed by atoms with Crippen molar-refractivity contribution in [1.82, 2.24) is 15.3 Å². The van der Waals surface area contributed by atoms with E-state index in [1.807, 2.05) is 58.9 Å². The van der Waals surface area contributed by atoms with E-state index in [4.69, 9.17) is 9.47 Å². The molecule has 10 heteroatoms. The van der Waals surface area contributed by atoms with Crippen LogP contribution in [0, 0.1) is 19.8 Å². The maximum Gasteiger partial charge on any atom is 0.305 e. The number of allylic oxidation sites excluding steroid dienone is 3. The maximum atomic E-state index is 12.4. The SMILES string of the molecule is C=CC1=C(C)C(/C=c2\[nH]/c(=C\c3[nH]c(/C=C4\NC(=O)[C@@H](C)\C4=C/C)c(C)c3CCC(=O)OC)c(CCC(=O)OC)c2C)=NC1=O. The molecule has 10 nitrogen and oxygen atoms in total. The molecule has 2 aromatic heterocycles. The Bertz CT molecular complexity index is 1840. The lowest BCUT2D eigenvalue weighted by Gasteiger charge is -2.04. The van der Waals surface area contributed by atoms with Gasteiger partial charge in [-0.1, -0.05) is 18.7 Å². The van der Waals surface area contributed by atoms with E-state index in [0.29, 0.717) is 24.1 Å². The van der Waals surface area contributed by atoms with E-state index in [0.717, 1.165) is 61.2 Å². The van der Waals surface area contributed by atoms with Gasteiger partial charge in [-0.3, -0.25) is 19.2 Å². The second-order valence-corrected chi connectivity index (χ2v) is 11.1. The second kappa shape index (κ2) is 13.8. The van der Waals surface area contributed by atoms with Gasteiger partial charge < -0.3 is 24.8 Å². The largest absolute Gasteiger partial charge is 0.469 e. The molecule has 3 N–H and O–H groups in total. The lowest BCUT2D eigenvalue weighted by molar-refractivity contribution is -0.141. The van der Waals surface area contributed by atoms with Gasteiger partial charge in [-0.05, 0) is 99.1 Å². The maximum absolute atomic E-state index is 12.4. The van der Waals surface area contributed by atoms with Crippen molar-refractivity contribution in [1.29, 1.82) is 0 Å². The summed E-state index contributed by atoms with van der Waals surface area (Å²) in [7, 11) is 2.72. The highest BCUT2D eigenvalue weighted by Crippen LogP contribution is 2.29. The molecule has 4 heterocycles. The van der Waals surface area contributed by atoms with E-state index in [1.165, 1.54) is 20.3 Å². The smallest absolute Gasteiger partial charge is 0.305 e. The third-order valence-electron chi connectivity index (χ3n) is 8.56. The summed E-state index contributed by atoms with van der Waals surface area (Å²) in [4.78, 5) is 60.2. The van der Waals surface area contributed by atoms with Crippen molar-refractivity contribution in [2.45, 2.75) is 60.3 Å². The summed E-state index contributed by atoms with van der Waals surface area (Å²) >= 11 is 0. The van der Waals surface area contributed by atoms with Crippen LogP contribution in [-0.4, -0.2) is 53.7 Å². The van der Waals surface area contributed by atoms with Crippen LogP contribution in [-0.2, 0) is 41.5 Å². The van der Waals surface area contributed by atoms with Gasteiger partial charge in [0.05, 0.1) is 25.8 Å². The average molecular weight is 613 g/mol. The fourth-order valence-electron chi connectivity index (χ4n) is 5.77. The molecule has 1 saturated heterocycles.